The number of hydroxylamine groups is 2. The van der Waals surface area contributed by atoms with Crippen LogP contribution in [-0.2, 0) is 0 Å². The summed E-state index contributed by atoms with van der Waals surface area (Å²) in [6.45, 7) is 2.88. The molecule has 0 saturated carbocycles. The topological polar surface area (TPSA) is 69.8 Å². The number of likely N-dealkylation sites (tertiary alicyclic amines) is 1. The predicted molar refractivity (Wildman–Crippen MR) is 81.8 cm³/mol. The average molecular weight is 321 g/mol. The maximum absolute atomic E-state index is 12.1. The molecule has 3 fully saturated rings. The summed E-state index contributed by atoms with van der Waals surface area (Å²) < 4.78 is 6.69. The van der Waals surface area contributed by atoms with E-state index >= 15 is 0 Å². The maximum atomic E-state index is 12.1. The summed E-state index contributed by atoms with van der Waals surface area (Å²) in [7, 11) is 4.53. The summed E-state index contributed by atoms with van der Waals surface area (Å²) in [5.74, 6) is 1.39. The lowest BCUT2D eigenvalue weighted by atomic mass is 9.92. The van der Waals surface area contributed by atoms with Crippen LogP contribution in [0, 0.1) is 0 Å². The number of quaternary nitrogens is 1. The SMILES string of the molecule is C[N+]1(C)CCC(c2cc(C3CCC4CN3C(=O)N4O)no2)CC1. The molecular weight excluding hydrogens is 296 g/mol. The minimum Gasteiger partial charge on any atom is -0.361 e. The molecule has 2 unspecified atom stereocenters. The van der Waals surface area contributed by atoms with Gasteiger partial charge in [0.1, 0.15) is 11.5 Å². The number of aromatic nitrogens is 1. The van der Waals surface area contributed by atoms with E-state index in [1.54, 1.807) is 4.90 Å². The van der Waals surface area contributed by atoms with E-state index in [-0.39, 0.29) is 18.1 Å². The molecule has 3 saturated heterocycles. The van der Waals surface area contributed by atoms with Crippen molar-refractivity contribution in [2.45, 2.75) is 43.7 Å². The quantitative estimate of drug-likeness (QED) is 0.668. The van der Waals surface area contributed by atoms with Crippen LogP contribution >= 0.6 is 0 Å². The van der Waals surface area contributed by atoms with Crippen molar-refractivity contribution in [3.05, 3.63) is 17.5 Å². The van der Waals surface area contributed by atoms with Crippen molar-refractivity contribution in [2.24, 2.45) is 0 Å². The molecule has 0 aliphatic carbocycles. The minimum atomic E-state index is -0.307. The van der Waals surface area contributed by atoms with Crippen LogP contribution in [0.5, 0.6) is 0 Å². The van der Waals surface area contributed by atoms with Crippen molar-refractivity contribution in [3.8, 4) is 0 Å². The molecule has 23 heavy (non-hydrogen) atoms. The fourth-order valence-electron chi connectivity index (χ4n) is 4.16. The molecule has 1 aromatic heterocycles. The Kier molecular flexibility index (Phi) is 3.39. The number of piperidine rings is 2. The van der Waals surface area contributed by atoms with Crippen LogP contribution in [0.25, 0.3) is 0 Å². The maximum Gasteiger partial charge on any atom is 0.344 e. The zero-order chi connectivity index (χ0) is 16.2. The monoisotopic (exact) mass is 321 g/mol. The van der Waals surface area contributed by atoms with Crippen LogP contribution in [0.4, 0.5) is 4.79 Å². The van der Waals surface area contributed by atoms with Gasteiger partial charge >= 0.3 is 6.03 Å². The zero-order valence-corrected chi connectivity index (χ0v) is 13.8. The van der Waals surface area contributed by atoms with Crippen molar-refractivity contribution in [3.63, 3.8) is 0 Å². The Hall–Kier alpha value is -1.60. The molecule has 0 spiro atoms. The molecule has 2 amide bonds. The van der Waals surface area contributed by atoms with Crippen molar-refractivity contribution >= 4 is 6.03 Å². The number of amides is 2. The van der Waals surface area contributed by atoms with Crippen LogP contribution in [0.2, 0.25) is 0 Å². The molecular formula is C16H25N4O3+. The Bertz CT molecular complexity index is 604. The highest BCUT2D eigenvalue weighted by atomic mass is 16.5. The van der Waals surface area contributed by atoms with Crippen molar-refractivity contribution in [1.29, 1.82) is 0 Å². The normalized spacial score (nSPS) is 31.0. The number of hydrogen-bond acceptors (Lipinski definition) is 4. The number of carbonyl (C=O) groups excluding carboxylic acids is 1. The lowest BCUT2D eigenvalue weighted by Gasteiger charge is -2.36. The Morgan fingerprint density at radius 3 is 2.74 bits per heavy atom. The second kappa shape index (κ2) is 5.21. The molecule has 0 radical (unpaired) electrons. The van der Waals surface area contributed by atoms with Gasteiger partial charge in [0.15, 0.2) is 0 Å². The number of fused-ring (bicyclic) bond motifs is 2. The van der Waals surface area contributed by atoms with Gasteiger partial charge in [0.05, 0.1) is 39.3 Å². The molecule has 3 aliphatic heterocycles. The summed E-state index contributed by atoms with van der Waals surface area (Å²) >= 11 is 0. The Morgan fingerprint density at radius 2 is 2.00 bits per heavy atom. The number of nitrogens with zero attached hydrogens (tertiary/aromatic N) is 4. The Balaban J connectivity index is 1.49. The largest absolute Gasteiger partial charge is 0.361 e. The summed E-state index contributed by atoms with van der Waals surface area (Å²) in [5.41, 5.74) is 0.835. The molecule has 4 heterocycles. The third-order valence-electron chi connectivity index (χ3n) is 5.80. The molecule has 0 aromatic carbocycles. The van der Waals surface area contributed by atoms with Gasteiger partial charge in [-0.3, -0.25) is 5.21 Å². The minimum absolute atomic E-state index is 0.0655. The fourth-order valence-corrected chi connectivity index (χ4v) is 4.16. The highest BCUT2D eigenvalue weighted by Crippen LogP contribution is 2.38. The van der Waals surface area contributed by atoms with Crippen LogP contribution in [-0.4, -0.2) is 70.6 Å². The fraction of sp³-hybridized carbons (Fsp3) is 0.750. The third-order valence-corrected chi connectivity index (χ3v) is 5.80. The first kappa shape index (κ1) is 15.0. The van der Waals surface area contributed by atoms with Crippen molar-refractivity contribution < 1.29 is 19.0 Å². The number of rotatable bonds is 2. The van der Waals surface area contributed by atoms with Gasteiger partial charge in [0.25, 0.3) is 0 Å². The second-order valence-electron chi connectivity index (χ2n) is 7.84. The third kappa shape index (κ3) is 2.52. The molecule has 2 atom stereocenters. The summed E-state index contributed by atoms with van der Waals surface area (Å²) in [5, 5.41) is 14.9. The molecule has 7 heteroatoms. The van der Waals surface area contributed by atoms with Gasteiger partial charge in [-0.25, -0.2) is 9.86 Å². The van der Waals surface area contributed by atoms with Gasteiger partial charge in [-0.2, -0.15) is 0 Å². The lowest BCUT2D eigenvalue weighted by molar-refractivity contribution is -0.895. The van der Waals surface area contributed by atoms with Gasteiger partial charge in [0.2, 0.25) is 0 Å². The van der Waals surface area contributed by atoms with E-state index in [0.29, 0.717) is 12.5 Å². The summed E-state index contributed by atoms with van der Waals surface area (Å²) in [4.78, 5) is 13.8. The van der Waals surface area contributed by atoms with Crippen LogP contribution in [0.1, 0.15) is 49.1 Å². The van der Waals surface area contributed by atoms with Gasteiger partial charge in [-0.1, -0.05) is 5.16 Å². The van der Waals surface area contributed by atoms with E-state index in [2.05, 4.69) is 19.3 Å². The first-order chi connectivity index (χ1) is 10.9. The van der Waals surface area contributed by atoms with E-state index < -0.39 is 0 Å². The van der Waals surface area contributed by atoms with Crippen LogP contribution in [0.3, 0.4) is 0 Å². The van der Waals surface area contributed by atoms with E-state index in [1.807, 2.05) is 6.07 Å². The van der Waals surface area contributed by atoms with E-state index in [0.717, 1.165) is 59.8 Å². The van der Waals surface area contributed by atoms with E-state index in [1.165, 1.54) is 0 Å². The Labute approximate surface area is 136 Å². The first-order valence-corrected chi connectivity index (χ1v) is 8.52. The van der Waals surface area contributed by atoms with Crippen molar-refractivity contribution in [1.82, 2.24) is 15.1 Å². The molecule has 2 bridgehead atoms. The molecule has 7 nitrogen and oxygen atoms in total. The van der Waals surface area contributed by atoms with Gasteiger partial charge in [-0.15, -0.1) is 0 Å². The summed E-state index contributed by atoms with van der Waals surface area (Å²) in [6.07, 6.45) is 3.86. The molecule has 126 valence electrons. The molecule has 4 rings (SSSR count). The highest BCUT2D eigenvalue weighted by molar-refractivity contribution is 5.76. The zero-order valence-electron chi connectivity index (χ0n) is 13.8. The van der Waals surface area contributed by atoms with E-state index in [9.17, 15) is 10.0 Å². The van der Waals surface area contributed by atoms with E-state index in [4.69, 9.17) is 4.52 Å². The molecule has 1 N–H and O–H groups in total. The van der Waals surface area contributed by atoms with Crippen LogP contribution in [0.15, 0.2) is 10.6 Å². The number of hydrogen-bond donors (Lipinski definition) is 1. The van der Waals surface area contributed by atoms with Crippen molar-refractivity contribution in [2.75, 3.05) is 33.7 Å². The number of urea groups is 1. The Morgan fingerprint density at radius 1 is 1.26 bits per heavy atom. The second-order valence-corrected chi connectivity index (χ2v) is 7.84. The average Bonchev–Trinajstić information content (AvgIpc) is 3.09. The van der Waals surface area contributed by atoms with Crippen LogP contribution < -0.4 is 0 Å². The van der Waals surface area contributed by atoms with Gasteiger partial charge < -0.3 is 13.9 Å². The summed E-state index contributed by atoms with van der Waals surface area (Å²) in [6, 6.07) is 1.60. The smallest absolute Gasteiger partial charge is 0.344 e. The first-order valence-electron chi connectivity index (χ1n) is 8.52. The number of carbonyl (C=O) groups is 1. The molecule has 1 aromatic rings. The standard InChI is InChI=1S/C16H25N4O3/c1-20(2)7-5-11(6-8-20)15-9-13(17-23-15)14-4-3-12-10-18(14)16(21)19(12)22/h9,11-12,14,22H,3-8,10H2,1-2H3/q+1. The van der Waals surface area contributed by atoms with Gasteiger partial charge in [0, 0.05) is 31.4 Å². The predicted octanol–water partition coefficient (Wildman–Crippen LogP) is 1.96. The lowest BCUT2D eigenvalue weighted by Crippen LogP contribution is -2.45. The highest BCUT2D eigenvalue weighted by Gasteiger charge is 2.45. The van der Waals surface area contributed by atoms with Gasteiger partial charge in [-0.05, 0) is 12.8 Å². The molecule has 3 aliphatic rings.